The predicted molar refractivity (Wildman–Crippen MR) is 80.4 cm³/mol. The number of rotatable bonds is 3. The Kier molecular flexibility index (Phi) is 3.91. The molecule has 0 radical (unpaired) electrons. The molecule has 3 rings (SSSR count). The number of carbonyl (C=O) groups excluding carboxylic acids is 2. The van der Waals surface area contributed by atoms with Crippen LogP contribution in [0.25, 0.3) is 0 Å². The van der Waals surface area contributed by atoms with Crippen molar-refractivity contribution in [2.75, 3.05) is 11.9 Å². The maximum atomic E-state index is 12.4. The monoisotopic (exact) mass is 299 g/mol. The number of hydrogen-bond donors (Lipinski definition) is 1. The van der Waals surface area contributed by atoms with Crippen LogP contribution in [-0.2, 0) is 4.79 Å². The summed E-state index contributed by atoms with van der Waals surface area (Å²) in [6.07, 6.45) is 2.89. The van der Waals surface area contributed by atoms with Gasteiger partial charge in [0.05, 0.1) is 6.26 Å². The minimum atomic E-state index is -0.486. The fourth-order valence-corrected chi connectivity index (χ4v) is 2.65. The van der Waals surface area contributed by atoms with Gasteiger partial charge in [-0.2, -0.15) is 0 Å². The van der Waals surface area contributed by atoms with Crippen molar-refractivity contribution >= 4 is 17.6 Å². The third-order valence-corrected chi connectivity index (χ3v) is 3.69. The molecule has 1 saturated heterocycles. The van der Waals surface area contributed by atoms with Crippen molar-refractivity contribution in [2.24, 2.45) is 0 Å². The number of pyridine rings is 1. The Labute approximate surface area is 128 Å². The molecule has 1 fully saturated rings. The molecule has 114 valence electrons. The van der Waals surface area contributed by atoms with Gasteiger partial charge in [-0.05, 0) is 44.0 Å². The fourth-order valence-electron chi connectivity index (χ4n) is 2.65. The molecule has 6 heteroatoms. The van der Waals surface area contributed by atoms with Crippen LogP contribution in [0.4, 0.5) is 5.82 Å². The highest BCUT2D eigenvalue weighted by Gasteiger charge is 2.35. The molecule has 2 aromatic rings. The highest BCUT2D eigenvalue weighted by atomic mass is 16.3. The molecule has 1 aliphatic rings. The lowest BCUT2D eigenvalue weighted by atomic mass is 10.2. The second-order valence-corrected chi connectivity index (χ2v) is 5.29. The van der Waals surface area contributed by atoms with E-state index in [4.69, 9.17) is 4.42 Å². The molecule has 6 nitrogen and oxygen atoms in total. The summed E-state index contributed by atoms with van der Waals surface area (Å²) in [4.78, 5) is 30.6. The van der Waals surface area contributed by atoms with E-state index in [2.05, 4.69) is 10.3 Å². The van der Waals surface area contributed by atoms with Crippen LogP contribution < -0.4 is 5.32 Å². The molecule has 0 aliphatic carbocycles. The molecule has 1 unspecified atom stereocenters. The van der Waals surface area contributed by atoms with E-state index in [0.717, 1.165) is 12.1 Å². The fraction of sp³-hybridized carbons (Fsp3) is 0.312. The first-order chi connectivity index (χ1) is 10.6. The zero-order valence-corrected chi connectivity index (χ0v) is 12.3. The average Bonchev–Trinajstić information content (AvgIpc) is 3.18. The van der Waals surface area contributed by atoms with Crippen LogP contribution in [0, 0.1) is 6.92 Å². The molecular weight excluding hydrogens is 282 g/mol. The Morgan fingerprint density at radius 3 is 2.91 bits per heavy atom. The molecule has 1 N–H and O–H groups in total. The molecule has 2 aromatic heterocycles. The van der Waals surface area contributed by atoms with Crippen molar-refractivity contribution in [3.05, 3.63) is 48.0 Å². The van der Waals surface area contributed by atoms with Gasteiger partial charge in [0.15, 0.2) is 5.76 Å². The molecule has 0 aromatic carbocycles. The van der Waals surface area contributed by atoms with Crippen molar-refractivity contribution in [2.45, 2.75) is 25.8 Å². The van der Waals surface area contributed by atoms with E-state index in [1.54, 1.807) is 23.1 Å². The topological polar surface area (TPSA) is 75.4 Å². The Balaban J connectivity index is 1.72. The van der Waals surface area contributed by atoms with Crippen molar-refractivity contribution in [1.82, 2.24) is 9.88 Å². The Hall–Kier alpha value is -2.63. The van der Waals surface area contributed by atoms with Gasteiger partial charge in [0.25, 0.3) is 5.91 Å². The summed E-state index contributed by atoms with van der Waals surface area (Å²) in [5.41, 5.74) is 0.827. The van der Waals surface area contributed by atoms with Crippen LogP contribution in [-0.4, -0.2) is 34.3 Å². The Bertz CT molecular complexity index is 682. The predicted octanol–water partition coefficient (Wildman–Crippen LogP) is 2.23. The van der Waals surface area contributed by atoms with Crippen LogP contribution in [0.1, 0.15) is 29.1 Å². The third-order valence-electron chi connectivity index (χ3n) is 3.69. The van der Waals surface area contributed by atoms with Gasteiger partial charge < -0.3 is 14.6 Å². The van der Waals surface area contributed by atoms with Gasteiger partial charge in [-0.1, -0.05) is 6.07 Å². The normalized spacial score (nSPS) is 17.5. The van der Waals surface area contributed by atoms with Crippen LogP contribution in [0.2, 0.25) is 0 Å². The van der Waals surface area contributed by atoms with Gasteiger partial charge in [-0.25, -0.2) is 4.98 Å². The number of nitrogens with zero attached hydrogens (tertiary/aromatic N) is 2. The number of aryl methyl sites for hydroxylation is 1. The number of aromatic nitrogens is 1. The second-order valence-electron chi connectivity index (χ2n) is 5.29. The maximum Gasteiger partial charge on any atom is 0.290 e. The molecule has 0 saturated carbocycles. The van der Waals surface area contributed by atoms with Crippen molar-refractivity contribution in [1.29, 1.82) is 0 Å². The largest absolute Gasteiger partial charge is 0.459 e. The maximum absolute atomic E-state index is 12.4. The summed E-state index contributed by atoms with van der Waals surface area (Å²) in [7, 11) is 0. The summed E-state index contributed by atoms with van der Waals surface area (Å²) in [5.74, 6) is 0.297. The van der Waals surface area contributed by atoms with Crippen LogP contribution >= 0.6 is 0 Å². The van der Waals surface area contributed by atoms with E-state index in [1.807, 2.05) is 19.1 Å². The average molecular weight is 299 g/mol. The van der Waals surface area contributed by atoms with Crippen molar-refractivity contribution in [3.8, 4) is 0 Å². The van der Waals surface area contributed by atoms with Gasteiger partial charge in [-0.15, -0.1) is 0 Å². The number of amides is 2. The Morgan fingerprint density at radius 2 is 2.18 bits per heavy atom. The lowest BCUT2D eigenvalue weighted by Gasteiger charge is -2.22. The van der Waals surface area contributed by atoms with E-state index in [9.17, 15) is 9.59 Å². The lowest BCUT2D eigenvalue weighted by Crippen LogP contribution is -2.43. The zero-order valence-electron chi connectivity index (χ0n) is 12.3. The molecule has 3 heterocycles. The number of anilines is 1. The first kappa shape index (κ1) is 14.3. The molecule has 0 bridgehead atoms. The SMILES string of the molecule is Cc1cccc(NC(=O)C2CCCN2C(=O)c2ccco2)n1. The van der Waals surface area contributed by atoms with E-state index in [0.29, 0.717) is 18.8 Å². The minimum absolute atomic E-state index is 0.212. The van der Waals surface area contributed by atoms with E-state index < -0.39 is 6.04 Å². The van der Waals surface area contributed by atoms with Gasteiger partial charge in [-0.3, -0.25) is 9.59 Å². The summed E-state index contributed by atoms with van der Waals surface area (Å²) >= 11 is 0. The Morgan fingerprint density at radius 1 is 1.32 bits per heavy atom. The number of hydrogen-bond acceptors (Lipinski definition) is 4. The molecule has 0 spiro atoms. The summed E-state index contributed by atoms with van der Waals surface area (Å²) in [5, 5.41) is 2.78. The van der Waals surface area contributed by atoms with Gasteiger partial charge >= 0.3 is 0 Å². The zero-order chi connectivity index (χ0) is 15.5. The first-order valence-corrected chi connectivity index (χ1v) is 7.24. The lowest BCUT2D eigenvalue weighted by molar-refractivity contribution is -0.119. The number of nitrogens with one attached hydrogen (secondary N) is 1. The van der Waals surface area contributed by atoms with E-state index in [-0.39, 0.29) is 17.6 Å². The summed E-state index contributed by atoms with van der Waals surface area (Å²) < 4.78 is 5.13. The number of furan rings is 1. The highest BCUT2D eigenvalue weighted by molar-refractivity contribution is 6.00. The number of likely N-dealkylation sites (tertiary alicyclic amines) is 1. The van der Waals surface area contributed by atoms with Crippen molar-refractivity contribution < 1.29 is 14.0 Å². The first-order valence-electron chi connectivity index (χ1n) is 7.24. The van der Waals surface area contributed by atoms with E-state index >= 15 is 0 Å². The standard InChI is InChI=1S/C16H17N3O3/c1-11-5-2-8-14(17-11)18-15(20)12-6-3-9-19(12)16(21)13-7-4-10-22-13/h2,4-5,7-8,10,12H,3,6,9H2,1H3,(H,17,18,20). The van der Waals surface area contributed by atoms with Gasteiger partial charge in [0.1, 0.15) is 11.9 Å². The molecule has 2 amide bonds. The van der Waals surface area contributed by atoms with Crippen LogP contribution in [0.5, 0.6) is 0 Å². The number of carbonyl (C=O) groups is 2. The van der Waals surface area contributed by atoms with Gasteiger partial charge in [0.2, 0.25) is 5.91 Å². The van der Waals surface area contributed by atoms with Crippen LogP contribution in [0.15, 0.2) is 41.0 Å². The van der Waals surface area contributed by atoms with Crippen LogP contribution in [0.3, 0.4) is 0 Å². The molecule has 1 aliphatic heterocycles. The smallest absolute Gasteiger partial charge is 0.290 e. The molecule has 1 atom stereocenters. The van der Waals surface area contributed by atoms with Gasteiger partial charge in [0, 0.05) is 12.2 Å². The third kappa shape index (κ3) is 2.86. The second kappa shape index (κ2) is 6.01. The molecule has 22 heavy (non-hydrogen) atoms. The minimum Gasteiger partial charge on any atom is -0.459 e. The molecular formula is C16H17N3O3. The highest BCUT2D eigenvalue weighted by Crippen LogP contribution is 2.21. The quantitative estimate of drug-likeness (QED) is 0.943. The summed E-state index contributed by atoms with van der Waals surface area (Å²) in [6.45, 7) is 2.41. The van der Waals surface area contributed by atoms with Crippen molar-refractivity contribution in [3.63, 3.8) is 0 Å². The van der Waals surface area contributed by atoms with E-state index in [1.165, 1.54) is 6.26 Å². The summed E-state index contributed by atoms with van der Waals surface area (Å²) in [6, 6.07) is 8.21.